The molecule has 0 aliphatic carbocycles. The van der Waals surface area contributed by atoms with E-state index in [0.29, 0.717) is 11.9 Å². The zero-order chi connectivity index (χ0) is 8.32. The third-order valence-electron chi connectivity index (χ3n) is 1.88. The van der Waals surface area contributed by atoms with Gasteiger partial charge in [-0.05, 0) is 12.8 Å². The van der Waals surface area contributed by atoms with Gasteiger partial charge < -0.3 is 9.47 Å². The average Bonchev–Trinajstić information content (AvgIpc) is 2.52. The third kappa shape index (κ3) is 1.56. The van der Waals surface area contributed by atoms with E-state index in [0.717, 1.165) is 12.8 Å². The van der Waals surface area contributed by atoms with E-state index in [1.807, 2.05) is 0 Å². The lowest BCUT2D eigenvalue weighted by atomic mass is 10.0. The van der Waals surface area contributed by atoms with Crippen molar-refractivity contribution in [3.8, 4) is 0 Å². The summed E-state index contributed by atoms with van der Waals surface area (Å²) < 4.78 is 9.96. The predicted molar refractivity (Wildman–Crippen MR) is 43.7 cm³/mol. The summed E-state index contributed by atoms with van der Waals surface area (Å²) in [6.07, 6.45) is 1.69. The van der Waals surface area contributed by atoms with Crippen LogP contribution in [-0.2, 0) is 14.3 Å². The van der Waals surface area contributed by atoms with Crippen molar-refractivity contribution >= 4 is 21.9 Å². The van der Waals surface area contributed by atoms with Gasteiger partial charge in [-0.2, -0.15) is 0 Å². The standard InChI is InChI=1S/C7H11BrO3/c1-10-6(9)7(5-8)3-2-4-11-7/h2-5H2,1H3. The van der Waals surface area contributed by atoms with Crippen molar-refractivity contribution in [3.63, 3.8) is 0 Å². The first-order chi connectivity index (χ1) is 5.25. The van der Waals surface area contributed by atoms with E-state index in [-0.39, 0.29) is 5.97 Å². The summed E-state index contributed by atoms with van der Waals surface area (Å²) in [5, 5.41) is 0.521. The molecule has 1 rings (SSSR count). The molecule has 11 heavy (non-hydrogen) atoms. The zero-order valence-corrected chi connectivity index (χ0v) is 8.02. The Hall–Kier alpha value is -0.0900. The molecule has 1 fully saturated rings. The minimum atomic E-state index is -0.700. The summed E-state index contributed by atoms with van der Waals surface area (Å²) in [5.74, 6) is -0.271. The molecule has 0 aromatic rings. The summed E-state index contributed by atoms with van der Waals surface area (Å²) in [6.45, 7) is 0.653. The van der Waals surface area contributed by atoms with Crippen LogP contribution in [0.4, 0.5) is 0 Å². The van der Waals surface area contributed by atoms with Crippen LogP contribution in [0.25, 0.3) is 0 Å². The molecule has 64 valence electrons. The number of ether oxygens (including phenoxy) is 2. The van der Waals surface area contributed by atoms with Crippen LogP contribution in [-0.4, -0.2) is 30.6 Å². The van der Waals surface area contributed by atoms with Crippen LogP contribution in [0.3, 0.4) is 0 Å². The van der Waals surface area contributed by atoms with Crippen molar-refractivity contribution < 1.29 is 14.3 Å². The van der Waals surface area contributed by atoms with E-state index in [1.54, 1.807) is 0 Å². The quantitative estimate of drug-likeness (QED) is 0.519. The number of alkyl halides is 1. The summed E-state index contributed by atoms with van der Waals surface area (Å²) >= 11 is 3.25. The van der Waals surface area contributed by atoms with Gasteiger partial charge in [0.1, 0.15) is 0 Å². The molecular weight excluding hydrogens is 212 g/mol. The molecular formula is C7H11BrO3. The Kier molecular flexibility index (Phi) is 2.90. The van der Waals surface area contributed by atoms with Gasteiger partial charge in [0.25, 0.3) is 0 Å². The average molecular weight is 223 g/mol. The molecule has 3 nitrogen and oxygen atoms in total. The molecule has 1 aliphatic heterocycles. The van der Waals surface area contributed by atoms with Crippen LogP contribution in [0.5, 0.6) is 0 Å². The van der Waals surface area contributed by atoms with Gasteiger partial charge in [-0.25, -0.2) is 4.79 Å². The number of carbonyl (C=O) groups excluding carboxylic acids is 1. The second-order valence-corrected chi connectivity index (χ2v) is 3.13. The molecule has 1 unspecified atom stereocenters. The smallest absolute Gasteiger partial charge is 0.339 e. The summed E-state index contributed by atoms with van der Waals surface area (Å²) in [6, 6.07) is 0. The number of methoxy groups -OCH3 is 1. The molecule has 0 saturated carbocycles. The largest absolute Gasteiger partial charge is 0.467 e. The highest BCUT2D eigenvalue weighted by atomic mass is 79.9. The van der Waals surface area contributed by atoms with E-state index in [4.69, 9.17) is 4.74 Å². The van der Waals surface area contributed by atoms with Crippen LogP contribution < -0.4 is 0 Å². The second-order valence-electron chi connectivity index (χ2n) is 2.57. The maximum atomic E-state index is 11.2. The topological polar surface area (TPSA) is 35.5 Å². The molecule has 1 atom stereocenters. The Labute approximate surface area is 74.2 Å². The van der Waals surface area contributed by atoms with Crippen molar-refractivity contribution in [3.05, 3.63) is 0 Å². The van der Waals surface area contributed by atoms with E-state index in [1.165, 1.54) is 7.11 Å². The minimum absolute atomic E-state index is 0.271. The normalized spacial score (nSPS) is 30.4. The highest BCUT2D eigenvalue weighted by Gasteiger charge is 2.42. The van der Waals surface area contributed by atoms with E-state index >= 15 is 0 Å². The molecule has 0 aromatic carbocycles. The van der Waals surface area contributed by atoms with E-state index < -0.39 is 5.60 Å². The molecule has 4 heteroatoms. The second kappa shape index (κ2) is 3.54. The zero-order valence-electron chi connectivity index (χ0n) is 6.43. The Morgan fingerprint density at radius 2 is 2.55 bits per heavy atom. The first-order valence-corrected chi connectivity index (χ1v) is 4.66. The Morgan fingerprint density at radius 3 is 2.91 bits per heavy atom. The van der Waals surface area contributed by atoms with Crippen LogP contribution in [0, 0.1) is 0 Å². The lowest BCUT2D eigenvalue weighted by molar-refractivity contribution is -0.160. The lowest BCUT2D eigenvalue weighted by Crippen LogP contribution is -2.40. The monoisotopic (exact) mass is 222 g/mol. The molecule has 0 aromatic heterocycles. The lowest BCUT2D eigenvalue weighted by Gasteiger charge is -2.21. The number of esters is 1. The van der Waals surface area contributed by atoms with Crippen LogP contribution in [0.15, 0.2) is 0 Å². The summed E-state index contributed by atoms with van der Waals surface area (Å²) in [5.41, 5.74) is -0.700. The predicted octanol–water partition coefficient (Wildman–Crippen LogP) is 1.10. The van der Waals surface area contributed by atoms with Gasteiger partial charge >= 0.3 is 5.97 Å². The van der Waals surface area contributed by atoms with E-state index in [9.17, 15) is 4.79 Å². The molecule has 0 bridgehead atoms. The maximum Gasteiger partial charge on any atom is 0.339 e. The summed E-state index contributed by atoms with van der Waals surface area (Å²) in [7, 11) is 1.38. The number of carbonyl (C=O) groups is 1. The Balaban J connectivity index is 2.66. The van der Waals surface area contributed by atoms with Crippen molar-refractivity contribution in [2.75, 3.05) is 19.0 Å². The van der Waals surface area contributed by atoms with Crippen molar-refractivity contribution in [2.24, 2.45) is 0 Å². The maximum absolute atomic E-state index is 11.2. The molecule has 1 heterocycles. The first-order valence-electron chi connectivity index (χ1n) is 3.53. The summed E-state index contributed by atoms with van der Waals surface area (Å²) in [4.78, 5) is 11.2. The highest BCUT2D eigenvalue weighted by molar-refractivity contribution is 9.09. The SMILES string of the molecule is COC(=O)C1(CBr)CCCO1. The molecule has 1 saturated heterocycles. The molecule has 0 amide bonds. The first kappa shape index (κ1) is 9.00. The fourth-order valence-corrected chi connectivity index (χ4v) is 1.88. The van der Waals surface area contributed by atoms with Crippen molar-refractivity contribution in [1.82, 2.24) is 0 Å². The minimum Gasteiger partial charge on any atom is -0.467 e. The van der Waals surface area contributed by atoms with Crippen LogP contribution in [0.2, 0.25) is 0 Å². The van der Waals surface area contributed by atoms with Gasteiger partial charge in [0.15, 0.2) is 5.60 Å². The van der Waals surface area contributed by atoms with Gasteiger partial charge in [-0.3, -0.25) is 0 Å². The molecule has 0 radical (unpaired) electrons. The number of rotatable bonds is 2. The van der Waals surface area contributed by atoms with Crippen molar-refractivity contribution in [1.29, 1.82) is 0 Å². The van der Waals surface area contributed by atoms with Crippen molar-refractivity contribution in [2.45, 2.75) is 18.4 Å². The van der Waals surface area contributed by atoms with Gasteiger partial charge in [0.05, 0.1) is 7.11 Å². The molecule has 0 N–H and O–H groups in total. The fraction of sp³-hybridized carbons (Fsp3) is 0.857. The Morgan fingerprint density at radius 1 is 1.82 bits per heavy atom. The van der Waals surface area contributed by atoms with Gasteiger partial charge in [-0.1, -0.05) is 15.9 Å². The Bertz CT molecular complexity index is 152. The number of hydrogen-bond acceptors (Lipinski definition) is 3. The molecule has 0 spiro atoms. The van der Waals surface area contributed by atoms with Crippen LogP contribution >= 0.6 is 15.9 Å². The third-order valence-corrected chi connectivity index (χ3v) is 2.78. The van der Waals surface area contributed by atoms with Gasteiger partial charge in [0.2, 0.25) is 0 Å². The fourth-order valence-electron chi connectivity index (χ4n) is 1.20. The highest BCUT2D eigenvalue weighted by Crippen LogP contribution is 2.28. The number of hydrogen-bond donors (Lipinski definition) is 0. The van der Waals surface area contributed by atoms with Gasteiger partial charge in [0, 0.05) is 11.9 Å². The van der Waals surface area contributed by atoms with E-state index in [2.05, 4.69) is 20.7 Å². The van der Waals surface area contributed by atoms with Gasteiger partial charge in [-0.15, -0.1) is 0 Å². The molecule has 1 aliphatic rings. The number of halogens is 1. The van der Waals surface area contributed by atoms with Crippen LogP contribution in [0.1, 0.15) is 12.8 Å².